The first-order chi connectivity index (χ1) is 7.35. The van der Waals surface area contributed by atoms with Gasteiger partial charge in [0.25, 0.3) is 0 Å². The second-order valence-electron chi connectivity index (χ2n) is 3.90. The molecule has 0 amide bonds. The first-order valence-corrected chi connectivity index (χ1v) is 8.61. The Bertz CT molecular complexity index is 77.5. The maximum Gasteiger partial charge on any atom is -0.00188 e. The number of hydrogen-bond donors (Lipinski definition) is 0. The molecule has 94 valence electrons. The number of nitrogens with zero attached hydrogens (tertiary/aromatic N) is 1. The molecule has 0 fully saturated rings. The van der Waals surface area contributed by atoms with Crippen molar-refractivity contribution in [3.8, 4) is 0 Å². The fourth-order valence-corrected chi connectivity index (χ4v) is 1.48. The van der Waals surface area contributed by atoms with Crippen molar-refractivity contribution in [3.63, 3.8) is 0 Å². The highest BCUT2D eigenvalue weighted by Crippen LogP contribution is 2.01. The van der Waals surface area contributed by atoms with Crippen LogP contribution in [-0.4, -0.2) is 29.5 Å². The molecule has 15 heavy (non-hydrogen) atoms. The van der Waals surface area contributed by atoms with Gasteiger partial charge >= 0.3 is 0 Å². The molecule has 0 bridgehead atoms. The van der Waals surface area contributed by atoms with E-state index in [1.807, 2.05) is 4.93 Å². The topological polar surface area (TPSA) is 3.24 Å². The van der Waals surface area contributed by atoms with Crippen LogP contribution in [0.5, 0.6) is 0 Å². The van der Waals surface area contributed by atoms with Crippen molar-refractivity contribution in [3.05, 3.63) is 0 Å². The van der Waals surface area contributed by atoms with Crippen molar-refractivity contribution < 1.29 is 0 Å². The minimum absolute atomic E-state index is 1.32. The van der Waals surface area contributed by atoms with Gasteiger partial charge in [0.2, 0.25) is 0 Å². The number of hydrogen-bond acceptors (Lipinski definition) is 1. The van der Waals surface area contributed by atoms with Crippen molar-refractivity contribution in [2.45, 2.75) is 59.3 Å². The number of rotatable bonds is 9. The zero-order valence-electron chi connectivity index (χ0n) is 11.2. The third-order valence-corrected chi connectivity index (χ3v) is 2.48. The van der Waals surface area contributed by atoms with Crippen molar-refractivity contribution in [1.82, 2.24) is 4.90 Å². The summed E-state index contributed by atoms with van der Waals surface area (Å²) in [5.41, 5.74) is 0. The van der Waals surface area contributed by atoms with Crippen LogP contribution >= 0.6 is 22.6 Å². The highest BCUT2D eigenvalue weighted by molar-refractivity contribution is 14.1. The van der Waals surface area contributed by atoms with E-state index in [9.17, 15) is 0 Å². The van der Waals surface area contributed by atoms with Gasteiger partial charge in [0.1, 0.15) is 0 Å². The average molecular weight is 327 g/mol. The molecule has 0 N–H and O–H groups in total. The SMILES string of the molecule is CCCCN(CCCC)CCCC.CI. The summed E-state index contributed by atoms with van der Waals surface area (Å²) in [6.07, 6.45) is 8.09. The van der Waals surface area contributed by atoms with Crippen LogP contribution in [0.3, 0.4) is 0 Å². The third kappa shape index (κ3) is 14.7. The Hall–Kier alpha value is 0.690. The molecule has 0 aromatic heterocycles. The van der Waals surface area contributed by atoms with Crippen molar-refractivity contribution in [2.24, 2.45) is 0 Å². The Morgan fingerprint density at radius 3 is 1.13 bits per heavy atom. The lowest BCUT2D eigenvalue weighted by atomic mass is 10.2. The molecular formula is C13H30IN. The summed E-state index contributed by atoms with van der Waals surface area (Å²) in [4.78, 5) is 4.61. The van der Waals surface area contributed by atoms with Crippen LogP contribution in [-0.2, 0) is 0 Å². The lowest BCUT2D eigenvalue weighted by molar-refractivity contribution is 0.261. The van der Waals surface area contributed by atoms with E-state index in [0.29, 0.717) is 0 Å². The largest absolute Gasteiger partial charge is 0.303 e. The molecule has 0 radical (unpaired) electrons. The van der Waals surface area contributed by atoms with Crippen LogP contribution in [0, 0.1) is 0 Å². The van der Waals surface area contributed by atoms with Crippen LogP contribution in [0.15, 0.2) is 0 Å². The summed E-state index contributed by atoms with van der Waals surface area (Å²) in [5.74, 6) is 0. The quantitative estimate of drug-likeness (QED) is 0.437. The summed E-state index contributed by atoms with van der Waals surface area (Å²) in [5, 5.41) is 0. The minimum Gasteiger partial charge on any atom is -0.303 e. The van der Waals surface area contributed by atoms with Crippen molar-refractivity contribution >= 4 is 22.6 Å². The minimum atomic E-state index is 1.32. The van der Waals surface area contributed by atoms with Gasteiger partial charge in [-0.15, -0.1) is 0 Å². The number of alkyl halides is 1. The molecule has 2 heteroatoms. The molecule has 0 rings (SSSR count). The smallest absolute Gasteiger partial charge is 0.00188 e. The predicted molar refractivity (Wildman–Crippen MR) is 81.1 cm³/mol. The van der Waals surface area contributed by atoms with Gasteiger partial charge in [0.15, 0.2) is 0 Å². The molecule has 0 aromatic rings. The Morgan fingerprint density at radius 2 is 0.933 bits per heavy atom. The molecule has 0 aromatic carbocycles. The molecule has 0 aliphatic carbocycles. The van der Waals surface area contributed by atoms with Gasteiger partial charge in [-0.05, 0) is 43.8 Å². The second kappa shape index (κ2) is 17.1. The van der Waals surface area contributed by atoms with E-state index in [1.54, 1.807) is 0 Å². The van der Waals surface area contributed by atoms with Gasteiger partial charge in [0, 0.05) is 0 Å². The zero-order valence-corrected chi connectivity index (χ0v) is 13.3. The Balaban J connectivity index is 0. The monoisotopic (exact) mass is 327 g/mol. The third-order valence-electron chi connectivity index (χ3n) is 2.48. The first-order valence-electron chi connectivity index (χ1n) is 6.45. The fraction of sp³-hybridized carbons (Fsp3) is 1.00. The maximum atomic E-state index is 2.64. The Morgan fingerprint density at radius 1 is 0.667 bits per heavy atom. The van der Waals surface area contributed by atoms with Crippen LogP contribution in [0.4, 0.5) is 0 Å². The maximum absolute atomic E-state index is 2.64. The molecular weight excluding hydrogens is 297 g/mol. The summed E-state index contributed by atoms with van der Waals surface area (Å²) in [7, 11) is 0. The summed E-state index contributed by atoms with van der Waals surface area (Å²) < 4.78 is 0. The highest BCUT2D eigenvalue weighted by atomic mass is 127. The van der Waals surface area contributed by atoms with Crippen molar-refractivity contribution in [2.75, 3.05) is 24.6 Å². The second-order valence-corrected chi connectivity index (χ2v) is 3.90. The van der Waals surface area contributed by atoms with Gasteiger partial charge in [-0.25, -0.2) is 0 Å². The first kappa shape index (κ1) is 18.1. The van der Waals surface area contributed by atoms with Gasteiger partial charge in [-0.1, -0.05) is 62.6 Å². The molecule has 0 heterocycles. The molecule has 0 aliphatic rings. The van der Waals surface area contributed by atoms with Crippen molar-refractivity contribution in [1.29, 1.82) is 0 Å². The lowest BCUT2D eigenvalue weighted by Gasteiger charge is -2.21. The average Bonchev–Trinajstić information content (AvgIpc) is 2.31. The molecule has 0 unspecified atom stereocenters. The number of unbranched alkanes of at least 4 members (excludes halogenated alkanes) is 3. The van der Waals surface area contributed by atoms with E-state index in [-0.39, 0.29) is 0 Å². The van der Waals surface area contributed by atoms with E-state index >= 15 is 0 Å². The van der Waals surface area contributed by atoms with Gasteiger partial charge in [-0.2, -0.15) is 0 Å². The van der Waals surface area contributed by atoms with E-state index < -0.39 is 0 Å². The van der Waals surface area contributed by atoms with Crippen LogP contribution in [0.2, 0.25) is 0 Å². The van der Waals surface area contributed by atoms with Gasteiger partial charge in [-0.3, -0.25) is 0 Å². The van der Waals surface area contributed by atoms with Gasteiger partial charge in [0.05, 0.1) is 0 Å². The summed E-state index contributed by atoms with van der Waals surface area (Å²) in [6.45, 7) is 10.8. The molecule has 0 saturated carbocycles. The van der Waals surface area contributed by atoms with Crippen LogP contribution < -0.4 is 0 Å². The van der Waals surface area contributed by atoms with E-state index in [2.05, 4.69) is 48.3 Å². The predicted octanol–water partition coefficient (Wildman–Crippen LogP) is 4.74. The Kier molecular flexibility index (Phi) is 20.6. The lowest BCUT2D eigenvalue weighted by Crippen LogP contribution is -2.27. The van der Waals surface area contributed by atoms with Crippen LogP contribution in [0.1, 0.15) is 59.3 Å². The van der Waals surface area contributed by atoms with Gasteiger partial charge < -0.3 is 4.90 Å². The van der Waals surface area contributed by atoms with Crippen LogP contribution in [0.25, 0.3) is 0 Å². The normalized spacial score (nSPS) is 10.0. The molecule has 1 nitrogen and oxygen atoms in total. The van der Waals surface area contributed by atoms with E-state index in [1.165, 1.54) is 58.2 Å². The van der Waals surface area contributed by atoms with E-state index in [0.717, 1.165) is 0 Å². The molecule has 0 aliphatic heterocycles. The summed E-state index contributed by atoms with van der Waals surface area (Å²) in [6, 6.07) is 0. The zero-order chi connectivity index (χ0) is 11.9. The van der Waals surface area contributed by atoms with E-state index in [4.69, 9.17) is 0 Å². The Labute approximate surface area is 111 Å². The highest BCUT2D eigenvalue weighted by Gasteiger charge is 2.01. The fourth-order valence-electron chi connectivity index (χ4n) is 1.48. The standard InChI is InChI=1S/C12H27N.CH3I/c1-4-7-10-13(11-8-5-2)12-9-6-3;1-2/h4-12H2,1-3H3;1H3. The molecule has 0 atom stereocenters. The summed E-state index contributed by atoms with van der Waals surface area (Å²) >= 11 is 2.15. The molecule has 0 spiro atoms. The molecule has 0 saturated heterocycles. The number of halogens is 1.